The molecule has 21 heavy (non-hydrogen) atoms. The molecule has 1 unspecified atom stereocenters. The van der Waals surface area contributed by atoms with Gasteiger partial charge in [-0.25, -0.2) is 0 Å². The molecule has 1 fully saturated rings. The van der Waals surface area contributed by atoms with E-state index in [1.165, 1.54) is 0 Å². The molecule has 110 valence electrons. The maximum atomic E-state index is 12.6. The second kappa shape index (κ2) is 5.74. The maximum Gasteiger partial charge on any atom is 0.254 e. The fraction of sp³-hybridized carbons (Fsp3) is 0.353. The Morgan fingerprint density at radius 1 is 1.29 bits per heavy atom. The van der Waals surface area contributed by atoms with E-state index >= 15 is 0 Å². The van der Waals surface area contributed by atoms with Crippen LogP contribution in [0.3, 0.4) is 0 Å². The number of benzene rings is 1. The predicted octanol–water partition coefficient (Wildman–Crippen LogP) is 2.65. The van der Waals surface area contributed by atoms with Gasteiger partial charge in [0.15, 0.2) is 0 Å². The van der Waals surface area contributed by atoms with Crippen molar-refractivity contribution in [1.29, 1.82) is 0 Å². The van der Waals surface area contributed by atoms with Crippen LogP contribution in [0.15, 0.2) is 42.7 Å². The number of aryl methyl sites for hydroxylation is 1. The van der Waals surface area contributed by atoms with Crippen molar-refractivity contribution in [2.45, 2.75) is 20.0 Å². The van der Waals surface area contributed by atoms with Gasteiger partial charge in [-0.1, -0.05) is 6.07 Å². The molecule has 0 saturated carbocycles. The van der Waals surface area contributed by atoms with Gasteiger partial charge in [-0.15, -0.1) is 0 Å². The van der Waals surface area contributed by atoms with E-state index in [2.05, 4.69) is 6.92 Å². The largest absolute Gasteiger partial charge is 0.375 e. The molecule has 2 aromatic rings. The highest BCUT2D eigenvalue weighted by atomic mass is 16.5. The fourth-order valence-electron chi connectivity index (χ4n) is 2.70. The van der Waals surface area contributed by atoms with Gasteiger partial charge in [-0.05, 0) is 43.7 Å². The van der Waals surface area contributed by atoms with Crippen LogP contribution in [0.5, 0.6) is 0 Å². The van der Waals surface area contributed by atoms with Crippen LogP contribution in [-0.2, 0) is 4.74 Å². The third-order valence-corrected chi connectivity index (χ3v) is 3.87. The Hall–Kier alpha value is -2.07. The standard InChI is InChI=1S/C17H20N2O2/c1-13-5-6-15(11-16(13)18-7-3-4-8-18)17(20)19-9-10-21-14(2)12-19/h3-8,11,14H,9-10,12H2,1-2H3. The number of rotatable bonds is 2. The van der Waals surface area contributed by atoms with Crippen LogP contribution < -0.4 is 0 Å². The Balaban J connectivity index is 1.89. The molecular formula is C17H20N2O2. The van der Waals surface area contributed by atoms with Gasteiger partial charge >= 0.3 is 0 Å². The molecule has 0 spiro atoms. The average Bonchev–Trinajstić information content (AvgIpc) is 3.01. The summed E-state index contributed by atoms with van der Waals surface area (Å²) < 4.78 is 7.53. The van der Waals surface area contributed by atoms with Crippen molar-refractivity contribution in [1.82, 2.24) is 9.47 Å². The van der Waals surface area contributed by atoms with E-state index in [-0.39, 0.29) is 12.0 Å². The molecule has 4 heteroatoms. The summed E-state index contributed by atoms with van der Waals surface area (Å²) in [6.45, 7) is 5.99. The van der Waals surface area contributed by atoms with Crippen LogP contribution in [0, 0.1) is 6.92 Å². The zero-order valence-electron chi connectivity index (χ0n) is 12.5. The van der Waals surface area contributed by atoms with E-state index in [0.717, 1.165) is 16.8 Å². The first-order valence-electron chi connectivity index (χ1n) is 7.30. The quantitative estimate of drug-likeness (QED) is 0.849. The summed E-state index contributed by atoms with van der Waals surface area (Å²) >= 11 is 0. The minimum absolute atomic E-state index is 0.0820. The maximum absolute atomic E-state index is 12.6. The molecule has 1 atom stereocenters. The third-order valence-electron chi connectivity index (χ3n) is 3.87. The first kappa shape index (κ1) is 13.9. The number of amides is 1. The van der Waals surface area contributed by atoms with Gasteiger partial charge in [0.05, 0.1) is 12.7 Å². The normalized spacial score (nSPS) is 18.8. The number of aromatic nitrogens is 1. The monoisotopic (exact) mass is 284 g/mol. The second-order valence-corrected chi connectivity index (χ2v) is 5.52. The summed E-state index contributed by atoms with van der Waals surface area (Å²) in [6, 6.07) is 9.85. The van der Waals surface area contributed by atoms with E-state index in [9.17, 15) is 4.79 Å². The summed E-state index contributed by atoms with van der Waals surface area (Å²) in [6.07, 6.45) is 4.10. The number of carbonyl (C=O) groups excluding carboxylic acids is 1. The lowest BCUT2D eigenvalue weighted by atomic mass is 10.1. The van der Waals surface area contributed by atoms with Crippen molar-refractivity contribution < 1.29 is 9.53 Å². The number of ether oxygens (including phenoxy) is 1. The number of carbonyl (C=O) groups is 1. The van der Waals surface area contributed by atoms with Crippen LogP contribution in [0.1, 0.15) is 22.8 Å². The SMILES string of the molecule is Cc1ccc(C(=O)N2CCOC(C)C2)cc1-n1cccc1. The van der Waals surface area contributed by atoms with Crippen LogP contribution in [0.2, 0.25) is 0 Å². The number of morpholine rings is 1. The minimum atomic E-state index is 0.0820. The highest BCUT2D eigenvalue weighted by molar-refractivity contribution is 5.95. The van der Waals surface area contributed by atoms with Crippen LogP contribution in [-0.4, -0.2) is 41.2 Å². The lowest BCUT2D eigenvalue weighted by Gasteiger charge is -2.31. The van der Waals surface area contributed by atoms with Crippen molar-refractivity contribution in [3.63, 3.8) is 0 Å². The summed E-state index contributed by atoms with van der Waals surface area (Å²) in [5.41, 5.74) is 2.93. The molecule has 0 N–H and O–H groups in total. The van der Waals surface area contributed by atoms with Crippen LogP contribution >= 0.6 is 0 Å². The Bertz CT molecular complexity index is 634. The van der Waals surface area contributed by atoms with E-state index < -0.39 is 0 Å². The van der Waals surface area contributed by atoms with E-state index in [4.69, 9.17) is 4.74 Å². The van der Waals surface area contributed by atoms with Gasteiger partial charge in [0, 0.05) is 36.7 Å². The topological polar surface area (TPSA) is 34.5 Å². The highest BCUT2D eigenvalue weighted by Gasteiger charge is 2.22. The molecule has 1 aromatic heterocycles. The molecule has 2 heterocycles. The summed E-state index contributed by atoms with van der Waals surface area (Å²) in [5, 5.41) is 0. The molecule has 4 nitrogen and oxygen atoms in total. The average molecular weight is 284 g/mol. The zero-order chi connectivity index (χ0) is 14.8. The smallest absolute Gasteiger partial charge is 0.254 e. The molecule has 1 aliphatic heterocycles. The first-order chi connectivity index (χ1) is 10.1. The second-order valence-electron chi connectivity index (χ2n) is 5.52. The molecule has 0 bridgehead atoms. The summed E-state index contributed by atoms with van der Waals surface area (Å²) in [7, 11) is 0. The lowest BCUT2D eigenvalue weighted by molar-refractivity contribution is -0.0124. The lowest BCUT2D eigenvalue weighted by Crippen LogP contribution is -2.44. The van der Waals surface area contributed by atoms with Gasteiger partial charge in [0.1, 0.15) is 0 Å². The number of hydrogen-bond donors (Lipinski definition) is 0. The Kier molecular flexibility index (Phi) is 3.80. The fourth-order valence-corrected chi connectivity index (χ4v) is 2.70. The Morgan fingerprint density at radius 2 is 2.05 bits per heavy atom. The van der Waals surface area contributed by atoms with Crippen LogP contribution in [0.25, 0.3) is 5.69 Å². The first-order valence-corrected chi connectivity index (χ1v) is 7.30. The van der Waals surface area contributed by atoms with Crippen molar-refractivity contribution in [3.05, 3.63) is 53.9 Å². The van der Waals surface area contributed by atoms with Gasteiger partial charge in [-0.3, -0.25) is 4.79 Å². The molecule has 1 aliphatic rings. The molecule has 1 aromatic carbocycles. The summed E-state index contributed by atoms with van der Waals surface area (Å²) in [4.78, 5) is 14.5. The van der Waals surface area contributed by atoms with Crippen LogP contribution in [0.4, 0.5) is 0 Å². The van der Waals surface area contributed by atoms with Gasteiger partial charge < -0.3 is 14.2 Å². The van der Waals surface area contributed by atoms with Crippen molar-refractivity contribution in [3.8, 4) is 5.69 Å². The van der Waals surface area contributed by atoms with Gasteiger partial charge in [-0.2, -0.15) is 0 Å². The molecule has 3 rings (SSSR count). The highest BCUT2D eigenvalue weighted by Crippen LogP contribution is 2.18. The Morgan fingerprint density at radius 3 is 2.76 bits per heavy atom. The molecule has 1 amide bonds. The predicted molar refractivity (Wildman–Crippen MR) is 81.8 cm³/mol. The van der Waals surface area contributed by atoms with Gasteiger partial charge in [0.25, 0.3) is 5.91 Å². The molecule has 1 saturated heterocycles. The molecule has 0 radical (unpaired) electrons. The van der Waals surface area contributed by atoms with E-state index in [0.29, 0.717) is 19.7 Å². The Labute approximate surface area is 124 Å². The summed E-state index contributed by atoms with van der Waals surface area (Å²) in [5.74, 6) is 0.0820. The number of nitrogens with zero attached hydrogens (tertiary/aromatic N) is 2. The molecule has 0 aliphatic carbocycles. The minimum Gasteiger partial charge on any atom is -0.375 e. The van der Waals surface area contributed by atoms with Crippen molar-refractivity contribution in [2.24, 2.45) is 0 Å². The van der Waals surface area contributed by atoms with Crippen molar-refractivity contribution >= 4 is 5.91 Å². The van der Waals surface area contributed by atoms with E-state index in [1.54, 1.807) is 0 Å². The van der Waals surface area contributed by atoms with E-state index in [1.807, 2.05) is 59.1 Å². The number of hydrogen-bond acceptors (Lipinski definition) is 2. The zero-order valence-corrected chi connectivity index (χ0v) is 12.5. The van der Waals surface area contributed by atoms with Crippen molar-refractivity contribution in [2.75, 3.05) is 19.7 Å². The molecular weight excluding hydrogens is 264 g/mol. The van der Waals surface area contributed by atoms with Gasteiger partial charge in [0.2, 0.25) is 0 Å². The third kappa shape index (κ3) is 2.85.